The minimum absolute atomic E-state index is 0.0294. The Labute approximate surface area is 200 Å². The largest absolute Gasteiger partial charge is 0.462 e. The first-order valence-corrected chi connectivity index (χ1v) is 11.7. The summed E-state index contributed by atoms with van der Waals surface area (Å²) in [6, 6.07) is -0.268. The zero-order valence-electron chi connectivity index (χ0n) is 18.9. The second-order valence-electron chi connectivity index (χ2n) is 7.27. The van der Waals surface area contributed by atoms with E-state index in [-0.39, 0.29) is 46.2 Å². The molecular weight excluding hydrogens is 472 g/mol. The number of rotatable bonds is 8. The van der Waals surface area contributed by atoms with E-state index >= 15 is 0 Å². The number of nitrogens with zero attached hydrogens (tertiary/aromatic N) is 3. The number of amides is 2. The molecule has 2 amide bonds. The summed E-state index contributed by atoms with van der Waals surface area (Å²) in [7, 11) is 3.04. The summed E-state index contributed by atoms with van der Waals surface area (Å²) in [6.45, 7) is 4.74. The van der Waals surface area contributed by atoms with Crippen LogP contribution in [-0.2, 0) is 15.9 Å². The highest BCUT2D eigenvalue weighted by Crippen LogP contribution is 2.30. The smallest absolute Gasteiger partial charge is 0.350 e. The van der Waals surface area contributed by atoms with Gasteiger partial charge in [-0.2, -0.15) is 0 Å². The number of methoxy groups -OCH3 is 1. The number of hydrogen-bond donors (Lipinski definition) is 3. The number of aromatic nitrogens is 3. The maximum absolute atomic E-state index is 12.7. The quantitative estimate of drug-likeness (QED) is 0.467. The molecule has 1 fully saturated rings. The van der Waals surface area contributed by atoms with Crippen molar-refractivity contribution in [2.24, 2.45) is 0 Å². The number of piperidine rings is 1. The number of carbonyl (C=O) groups is 3. The molecule has 0 unspecified atom stereocenters. The number of anilines is 1. The van der Waals surface area contributed by atoms with Crippen molar-refractivity contribution in [3.8, 4) is 0 Å². The van der Waals surface area contributed by atoms with Gasteiger partial charge in [0.2, 0.25) is 0 Å². The molecule has 2 aromatic heterocycles. The number of aromatic amines is 1. The third-order valence-corrected chi connectivity index (χ3v) is 6.67. The van der Waals surface area contributed by atoms with Crippen molar-refractivity contribution in [2.75, 3.05) is 38.8 Å². The maximum Gasteiger partial charge on any atom is 0.350 e. The Morgan fingerprint density at radius 2 is 2.03 bits per heavy atom. The van der Waals surface area contributed by atoms with Gasteiger partial charge in [0.25, 0.3) is 11.8 Å². The van der Waals surface area contributed by atoms with Gasteiger partial charge in [-0.3, -0.25) is 9.59 Å². The number of halogens is 1. The van der Waals surface area contributed by atoms with E-state index in [1.165, 1.54) is 7.05 Å². The van der Waals surface area contributed by atoms with Crippen molar-refractivity contribution in [1.29, 1.82) is 0 Å². The monoisotopic (exact) mass is 498 g/mol. The van der Waals surface area contributed by atoms with E-state index in [1.807, 2.05) is 11.8 Å². The highest BCUT2D eigenvalue weighted by Gasteiger charge is 2.34. The molecule has 2 atom stereocenters. The topological polar surface area (TPSA) is 139 Å². The van der Waals surface area contributed by atoms with E-state index < -0.39 is 11.9 Å². The molecule has 1 saturated heterocycles. The summed E-state index contributed by atoms with van der Waals surface area (Å²) in [5, 5.41) is 6.25. The molecule has 180 valence electrons. The zero-order chi connectivity index (χ0) is 24.1. The molecule has 1 aliphatic rings. The molecule has 33 heavy (non-hydrogen) atoms. The molecule has 0 aliphatic carbocycles. The Kier molecular flexibility index (Phi) is 8.27. The number of nitrogens with one attached hydrogen (secondary N) is 3. The number of aryl methyl sites for hydroxylation is 1. The fourth-order valence-corrected chi connectivity index (χ4v) is 4.77. The van der Waals surface area contributed by atoms with Crippen LogP contribution >= 0.6 is 22.9 Å². The van der Waals surface area contributed by atoms with Crippen LogP contribution in [0.4, 0.5) is 5.13 Å². The Balaban J connectivity index is 1.74. The van der Waals surface area contributed by atoms with Crippen molar-refractivity contribution in [3.05, 3.63) is 27.2 Å². The standard InChI is InChI=1S/C20H27ClN6O5S/c1-5-10-15(21)26-16(23-10)18(29)24-11-7-8-27(9-12(11)31-4)20-25-13(17(28)22-3)14(33-20)19(30)32-6-2/h11-12H,5-9H2,1-4H3,(H,22,28)(H,23,26)(H,24,29)/t11-,12+/m0/s1. The summed E-state index contributed by atoms with van der Waals surface area (Å²) < 4.78 is 10.7. The number of ether oxygens (including phenoxy) is 2. The lowest BCUT2D eigenvalue weighted by molar-refractivity contribution is 0.0527. The molecule has 3 heterocycles. The van der Waals surface area contributed by atoms with Crippen LogP contribution in [0.3, 0.4) is 0 Å². The van der Waals surface area contributed by atoms with E-state index in [0.29, 0.717) is 36.8 Å². The van der Waals surface area contributed by atoms with E-state index in [2.05, 4.69) is 25.6 Å². The summed E-state index contributed by atoms with van der Waals surface area (Å²) in [5.74, 6) is -1.26. The number of imidazole rings is 1. The van der Waals surface area contributed by atoms with Crippen LogP contribution in [0.5, 0.6) is 0 Å². The second-order valence-corrected chi connectivity index (χ2v) is 8.61. The Bertz CT molecular complexity index is 1020. The van der Waals surface area contributed by atoms with E-state index in [4.69, 9.17) is 21.1 Å². The first-order chi connectivity index (χ1) is 15.8. The van der Waals surface area contributed by atoms with Crippen molar-refractivity contribution in [3.63, 3.8) is 0 Å². The first kappa shape index (κ1) is 24.9. The number of hydrogen-bond acceptors (Lipinski definition) is 9. The molecule has 0 radical (unpaired) electrons. The summed E-state index contributed by atoms with van der Waals surface area (Å²) in [6.07, 6.45) is 0.845. The molecule has 3 N–H and O–H groups in total. The Morgan fingerprint density at radius 1 is 1.27 bits per heavy atom. The minimum Gasteiger partial charge on any atom is -0.462 e. The lowest BCUT2D eigenvalue weighted by Crippen LogP contribution is -2.55. The average Bonchev–Trinajstić information content (AvgIpc) is 3.43. The van der Waals surface area contributed by atoms with E-state index in [9.17, 15) is 14.4 Å². The molecule has 1 aliphatic heterocycles. The van der Waals surface area contributed by atoms with Gasteiger partial charge in [0.15, 0.2) is 21.8 Å². The predicted octanol–water partition coefficient (Wildman–Crippen LogP) is 1.64. The summed E-state index contributed by atoms with van der Waals surface area (Å²) >= 11 is 7.14. The van der Waals surface area contributed by atoms with Crippen LogP contribution in [-0.4, -0.2) is 78.7 Å². The summed E-state index contributed by atoms with van der Waals surface area (Å²) in [4.78, 5) is 50.7. The fraction of sp³-hybridized carbons (Fsp3) is 0.550. The van der Waals surface area contributed by atoms with Gasteiger partial charge in [-0.25, -0.2) is 14.8 Å². The zero-order valence-corrected chi connectivity index (χ0v) is 20.4. The Hall–Kier alpha value is -2.70. The average molecular weight is 499 g/mol. The molecule has 13 heteroatoms. The number of thiazole rings is 1. The van der Waals surface area contributed by atoms with Gasteiger partial charge in [0.1, 0.15) is 4.88 Å². The molecule has 0 aromatic carbocycles. The van der Waals surface area contributed by atoms with Crippen LogP contribution in [0, 0.1) is 0 Å². The molecule has 0 saturated carbocycles. The van der Waals surface area contributed by atoms with Crippen molar-refractivity contribution in [2.45, 2.75) is 38.8 Å². The van der Waals surface area contributed by atoms with Crippen molar-refractivity contribution >= 4 is 45.9 Å². The number of esters is 1. The van der Waals surface area contributed by atoms with E-state index in [0.717, 1.165) is 11.3 Å². The highest BCUT2D eigenvalue weighted by atomic mass is 35.5. The predicted molar refractivity (Wildman–Crippen MR) is 123 cm³/mol. The van der Waals surface area contributed by atoms with Gasteiger partial charge in [0, 0.05) is 27.2 Å². The molecule has 3 rings (SSSR count). The van der Waals surface area contributed by atoms with Gasteiger partial charge in [0.05, 0.1) is 24.4 Å². The van der Waals surface area contributed by atoms with Crippen LogP contribution in [0.15, 0.2) is 0 Å². The normalized spacial score (nSPS) is 18.2. The lowest BCUT2D eigenvalue weighted by Gasteiger charge is -2.37. The van der Waals surface area contributed by atoms with Crippen molar-refractivity contribution in [1.82, 2.24) is 25.6 Å². The van der Waals surface area contributed by atoms with Crippen LogP contribution < -0.4 is 15.5 Å². The fourth-order valence-electron chi connectivity index (χ4n) is 3.51. The molecule has 2 aromatic rings. The lowest BCUT2D eigenvalue weighted by atomic mass is 10.0. The molecular formula is C20H27ClN6O5S. The summed E-state index contributed by atoms with van der Waals surface area (Å²) in [5.41, 5.74) is 0.731. The van der Waals surface area contributed by atoms with Crippen LogP contribution in [0.25, 0.3) is 0 Å². The van der Waals surface area contributed by atoms with Gasteiger partial charge in [-0.15, -0.1) is 0 Å². The number of H-pyrrole nitrogens is 1. The Morgan fingerprint density at radius 3 is 2.64 bits per heavy atom. The third-order valence-electron chi connectivity index (χ3n) is 5.26. The molecule has 11 nitrogen and oxygen atoms in total. The minimum atomic E-state index is -0.589. The van der Waals surface area contributed by atoms with Gasteiger partial charge in [-0.1, -0.05) is 29.9 Å². The van der Waals surface area contributed by atoms with E-state index in [1.54, 1.807) is 14.0 Å². The second kappa shape index (κ2) is 10.9. The maximum atomic E-state index is 12.7. The third kappa shape index (κ3) is 5.45. The van der Waals surface area contributed by atoms with Gasteiger partial charge >= 0.3 is 5.97 Å². The SMILES string of the molecule is CCOC(=O)c1sc(N2CC[C@H](NC(=O)c3nc(Cl)c(CC)[nH]3)[C@H](OC)C2)nc1C(=O)NC. The van der Waals surface area contributed by atoms with Gasteiger partial charge < -0.3 is 30.0 Å². The molecule has 0 bridgehead atoms. The van der Waals surface area contributed by atoms with Crippen molar-refractivity contribution < 1.29 is 23.9 Å². The molecule has 0 spiro atoms. The van der Waals surface area contributed by atoms with Gasteiger partial charge in [-0.05, 0) is 19.8 Å². The highest BCUT2D eigenvalue weighted by molar-refractivity contribution is 7.17. The first-order valence-electron chi connectivity index (χ1n) is 10.6. The van der Waals surface area contributed by atoms with Crippen LogP contribution in [0.2, 0.25) is 5.15 Å². The van der Waals surface area contributed by atoms with Crippen LogP contribution in [0.1, 0.15) is 56.7 Å². The number of carbonyl (C=O) groups excluding carboxylic acids is 3.